The number of amides is 2. The molecular formula is C11H15N3O. The van der Waals surface area contributed by atoms with Gasteiger partial charge in [0.25, 0.3) is 0 Å². The van der Waals surface area contributed by atoms with Crippen LogP contribution in [0.5, 0.6) is 0 Å². The van der Waals surface area contributed by atoms with Crippen molar-refractivity contribution in [2.24, 2.45) is 0 Å². The third-order valence-electron chi connectivity index (χ3n) is 2.68. The van der Waals surface area contributed by atoms with E-state index in [1.54, 1.807) is 4.90 Å². The standard InChI is InChI=1S/C11H15N3O/c1-2-8-3-4-9(7-10(8)12)14-6-5-13-11(14)15/h3-4,7H,2,5-6,12H2,1H3,(H,13,15). The van der Waals surface area contributed by atoms with Crippen LogP contribution in [0.25, 0.3) is 0 Å². The van der Waals surface area contributed by atoms with Gasteiger partial charge in [0, 0.05) is 24.5 Å². The summed E-state index contributed by atoms with van der Waals surface area (Å²) in [6.07, 6.45) is 0.915. The Morgan fingerprint density at radius 1 is 1.53 bits per heavy atom. The van der Waals surface area contributed by atoms with Gasteiger partial charge in [-0.3, -0.25) is 4.90 Å². The molecule has 0 unspecified atom stereocenters. The largest absolute Gasteiger partial charge is 0.398 e. The molecule has 1 fully saturated rings. The minimum atomic E-state index is -0.0429. The van der Waals surface area contributed by atoms with Crippen molar-refractivity contribution in [2.45, 2.75) is 13.3 Å². The lowest BCUT2D eigenvalue weighted by atomic mass is 10.1. The van der Waals surface area contributed by atoms with Gasteiger partial charge in [0.15, 0.2) is 0 Å². The highest BCUT2D eigenvalue weighted by atomic mass is 16.2. The van der Waals surface area contributed by atoms with E-state index in [0.717, 1.165) is 23.4 Å². The Morgan fingerprint density at radius 2 is 2.33 bits per heavy atom. The average Bonchev–Trinajstić information content (AvgIpc) is 2.64. The highest BCUT2D eigenvalue weighted by Crippen LogP contribution is 2.22. The van der Waals surface area contributed by atoms with Gasteiger partial charge in [-0.25, -0.2) is 4.79 Å². The van der Waals surface area contributed by atoms with Crippen molar-refractivity contribution >= 4 is 17.4 Å². The summed E-state index contributed by atoms with van der Waals surface area (Å²) >= 11 is 0. The lowest BCUT2D eigenvalue weighted by Crippen LogP contribution is -2.27. The second-order valence-corrected chi connectivity index (χ2v) is 3.62. The minimum absolute atomic E-state index is 0.0429. The maximum Gasteiger partial charge on any atom is 0.321 e. The predicted molar refractivity (Wildman–Crippen MR) is 61.0 cm³/mol. The van der Waals surface area contributed by atoms with E-state index in [4.69, 9.17) is 5.73 Å². The van der Waals surface area contributed by atoms with Gasteiger partial charge in [-0.15, -0.1) is 0 Å². The number of nitrogens with zero attached hydrogens (tertiary/aromatic N) is 1. The van der Waals surface area contributed by atoms with Crippen LogP contribution in [-0.2, 0) is 6.42 Å². The number of benzene rings is 1. The van der Waals surface area contributed by atoms with E-state index in [2.05, 4.69) is 12.2 Å². The van der Waals surface area contributed by atoms with E-state index in [9.17, 15) is 4.79 Å². The van der Waals surface area contributed by atoms with Crippen molar-refractivity contribution in [3.8, 4) is 0 Å². The maximum atomic E-state index is 11.4. The van der Waals surface area contributed by atoms with Gasteiger partial charge in [0.2, 0.25) is 0 Å². The summed E-state index contributed by atoms with van der Waals surface area (Å²) in [4.78, 5) is 13.1. The summed E-state index contributed by atoms with van der Waals surface area (Å²) in [5.74, 6) is 0. The third-order valence-corrected chi connectivity index (χ3v) is 2.68. The second kappa shape index (κ2) is 3.81. The molecule has 2 rings (SSSR count). The van der Waals surface area contributed by atoms with E-state index in [1.807, 2.05) is 18.2 Å². The fourth-order valence-electron chi connectivity index (χ4n) is 1.79. The predicted octanol–water partition coefficient (Wildman–Crippen LogP) is 1.36. The zero-order chi connectivity index (χ0) is 10.8. The zero-order valence-electron chi connectivity index (χ0n) is 8.79. The molecule has 1 heterocycles. The van der Waals surface area contributed by atoms with Crippen molar-refractivity contribution in [3.05, 3.63) is 23.8 Å². The van der Waals surface area contributed by atoms with Crippen molar-refractivity contribution in [3.63, 3.8) is 0 Å². The second-order valence-electron chi connectivity index (χ2n) is 3.62. The first-order chi connectivity index (χ1) is 7.22. The molecule has 4 nitrogen and oxygen atoms in total. The Labute approximate surface area is 89.1 Å². The van der Waals surface area contributed by atoms with E-state index < -0.39 is 0 Å². The van der Waals surface area contributed by atoms with Gasteiger partial charge in [-0.05, 0) is 24.1 Å². The van der Waals surface area contributed by atoms with Crippen LogP contribution in [0.15, 0.2) is 18.2 Å². The topological polar surface area (TPSA) is 58.4 Å². The number of nitrogens with two attached hydrogens (primary N) is 1. The van der Waals surface area contributed by atoms with Gasteiger partial charge in [0.05, 0.1) is 0 Å². The van der Waals surface area contributed by atoms with Crippen molar-refractivity contribution in [1.29, 1.82) is 0 Å². The molecule has 0 saturated carbocycles. The number of hydrogen-bond donors (Lipinski definition) is 2. The number of rotatable bonds is 2. The molecule has 15 heavy (non-hydrogen) atoms. The molecule has 0 radical (unpaired) electrons. The monoisotopic (exact) mass is 205 g/mol. The summed E-state index contributed by atoms with van der Waals surface area (Å²) in [6.45, 7) is 3.48. The van der Waals surface area contributed by atoms with E-state index in [-0.39, 0.29) is 6.03 Å². The summed E-state index contributed by atoms with van der Waals surface area (Å²) in [5, 5.41) is 2.76. The number of anilines is 2. The number of nitrogen functional groups attached to an aromatic ring is 1. The van der Waals surface area contributed by atoms with Crippen LogP contribution in [0, 0.1) is 0 Å². The van der Waals surface area contributed by atoms with Gasteiger partial charge >= 0.3 is 6.03 Å². The lowest BCUT2D eigenvalue weighted by molar-refractivity contribution is 0.252. The van der Waals surface area contributed by atoms with Gasteiger partial charge in [0.1, 0.15) is 0 Å². The molecule has 1 aromatic carbocycles. The van der Waals surface area contributed by atoms with Crippen LogP contribution in [0.2, 0.25) is 0 Å². The van der Waals surface area contributed by atoms with Gasteiger partial charge < -0.3 is 11.1 Å². The first kappa shape index (κ1) is 9.83. The van der Waals surface area contributed by atoms with Crippen LogP contribution in [0.1, 0.15) is 12.5 Å². The van der Waals surface area contributed by atoms with Crippen LogP contribution in [0.4, 0.5) is 16.2 Å². The number of aryl methyl sites for hydroxylation is 1. The number of hydrogen-bond acceptors (Lipinski definition) is 2. The van der Waals surface area contributed by atoms with E-state index in [1.165, 1.54) is 0 Å². The molecule has 4 heteroatoms. The Bertz CT molecular complexity index is 389. The van der Waals surface area contributed by atoms with Crippen LogP contribution < -0.4 is 16.0 Å². The first-order valence-electron chi connectivity index (χ1n) is 5.16. The molecule has 1 aliphatic heterocycles. The maximum absolute atomic E-state index is 11.4. The van der Waals surface area contributed by atoms with Crippen LogP contribution in [0.3, 0.4) is 0 Å². The average molecular weight is 205 g/mol. The molecule has 0 aromatic heterocycles. The zero-order valence-corrected chi connectivity index (χ0v) is 8.79. The number of carbonyl (C=O) groups excluding carboxylic acids is 1. The molecule has 1 aliphatic rings. The molecular weight excluding hydrogens is 190 g/mol. The first-order valence-corrected chi connectivity index (χ1v) is 5.16. The Balaban J connectivity index is 2.29. The highest BCUT2D eigenvalue weighted by Gasteiger charge is 2.21. The third kappa shape index (κ3) is 1.75. The summed E-state index contributed by atoms with van der Waals surface area (Å²) in [5.41, 5.74) is 8.64. The van der Waals surface area contributed by atoms with Crippen LogP contribution >= 0.6 is 0 Å². The van der Waals surface area contributed by atoms with Crippen molar-refractivity contribution in [2.75, 3.05) is 23.7 Å². The Kier molecular flexibility index (Phi) is 2.49. The van der Waals surface area contributed by atoms with Crippen molar-refractivity contribution < 1.29 is 4.79 Å². The van der Waals surface area contributed by atoms with E-state index in [0.29, 0.717) is 13.1 Å². The molecule has 0 bridgehead atoms. The summed E-state index contributed by atoms with van der Waals surface area (Å²) < 4.78 is 0. The Hall–Kier alpha value is -1.71. The molecule has 3 N–H and O–H groups in total. The highest BCUT2D eigenvalue weighted by molar-refractivity contribution is 5.94. The molecule has 0 spiro atoms. The molecule has 0 atom stereocenters. The molecule has 80 valence electrons. The number of nitrogens with one attached hydrogen (secondary N) is 1. The van der Waals surface area contributed by atoms with Crippen LogP contribution in [-0.4, -0.2) is 19.1 Å². The fraction of sp³-hybridized carbons (Fsp3) is 0.364. The van der Waals surface area contributed by atoms with E-state index >= 15 is 0 Å². The fourth-order valence-corrected chi connectivity index (χ4v) is 1.79. The molecule has 2 amide bonds. The molecule has 0 aliphatic carbocycles. The summed E-state index contributed by atoms with van der Waals surface area (Å²) in [6, 6.07) is 5.75. The SMILES string of the molecule is CCc1ccc(N2CCNC2=O)cc1N. The number of carbonyl (C=O) groups is 1. The normalized spacial score (nSPS) is 15.5. The number of urea groups is 1. The smallest absolute Gasteiger partial charge is 0.321 e. The minimum Gasteiger partial charge on any atom is -0.398 e. The Morgan fingerprint density at radius 3 is 2.87 bits per heavy atom. The summed E-state index contributed by atoms with van der Waals surface area (Å²) in [7, 11) is 0. The lowest BCUT2D eigenvalue weighted by Gasteiger charge is -2.15. The quantitative estimate of drug-likeness (QED) is 0.716. The molecule has 1 saturated heterocycles. The van der Waals surface area contributed by atoms with Crippen molar-refractivity contribution in [1.82, 2.24) is 5.32 Å². The molecule has 1 aromatic rings. The van der Waals surface area contributed by atoms with Gasteiger partial charge in [-0.1, -0.05) is 13.0 Å². The van der Waals surface area contributed by atoms with Gasteiger partial charge in [-0.2, -0.15) is 0 Å².